The third-order valence-electron chi connectivity index (χ3n) is 6.72. The molecule has 1 saturated heterocycles. The van der Waals surface area contributed by atoms with Crippen LogP contribution >= 0.6 is 0 Å². The number of nitrogens with one attached hydrogen (secondary N) is 3. The highest BCUT2D eigenvalue weighted by Crippen LogP contribution is 2.34. The average molecular weight is 461 g/mol. The van der Waals surface area contributed by atoms with Gasteiger partial charge in [0.15, 0.2) is 0 Å². The van der Waals surface area contributed by atoms with Gasteiger partial charge >= 0.3 is 0 Å². The molecule has 1 fully saturated rings. The number of aryl methyl sites for hydroxylation is 1. The van der Waals surface area contributed by atoms with Gasteiger partial charge in [0.2, 0.25) is 5.91 Å². The molecule has 3 heterocycles. The van der Waals surface area contributed by atoms with E-state index in [4.69, 9.17) is 4.74 Å². The molecule has 1 amide bonds. The van der Waals surface area contributed by atoms with Gasteiger partial charge in [-0.3, -0.25) is 10.2 Å². The molecule has 0 aliphatic carbocycles. The molecular weight excluding hydrogens is 428 g/mol. The smallest absolute Gasteiger partial charge is 0.220 e. The van der Waals surface area contributed by atoms with Gasteiger partial charge in [0, 0.05) is 31.8 Å². The van der Waals surface area contributed by atoms with Gasteiger partial charge in [0.1, 0.15) is 17.8 Å². The number of amidine groups is 1. The van der Waals surface area contributed by atoms with Crippen molar-refractivity contribution in [1.82, 2.24) is 26.1 Å². The van der Waals surface area contributed by atoms with E-state index < -0.39 is 0 Å². The minimum Gasteiger partial charge on any atom is -0.497 e. The highest BCUT2D eigenvalue weighted by atomic mass is 16.5. The van der Waals surface area contributed by atoms with Crippen LogP contribution in [-0.4, -0.2) is 47.5 Å². The maximum Gasteiger partial charge on any atom is 0.220 e. The number of fused-ring (bicyclic) bond motifs is 3. The van der Waals surface area contributed by atoms with E-state index in [0.29, 0.717) is 19.4 Å². The fourth-order valence-electron chi connectivity index (χ4n) is 4.84. The second-order valence-corrected chi connectivity index (χ2v) is 8.91. The fraction of sp³-hybridized carbons (Fsp3) is 0.385. The average Bonchev–Trinajstić information content (AvgIpc) is 3.50. The molecule has 0 aromatic heterocycles. The highest BCUT2D eigenvalue weighted by Gasteiger charge is 2.44. The summed E-state index contributed by atoms with van der Waals surface area (Å²) in [4.78, 5) is 14.5. The molecule has 8 nitrogen and oxygen atoms in total. The first kappa shape index (κ1) is 22.3. The molecule has 2 aromatic rings. The van der Waals surface area contributed by atoms with E-state index in [1.54, 1.807) is 7.11 Å². The van der Waals surface area contributed by atoms with Gasteiger partial charge in [0.25, 0.3) is 0 Å². The molecule has 5 rings (SSSR count). The number of ether oxygens (including phenoxy) is 1. The van der Waals surface area contributed by atoms with Crippen LogP contribution in [0.2, 0.25) is 0 Å². The van der Waals surface area contributed by atoms with Crippen molar-refractivity contribution < 1.29 is 9.53 Å². The molecule has 34 heavy (non-hydrogen) atoms. The summed E-state index contributed by atoms with van der Waals surface area (Å²) in [6.45, 7) is 0.695. The Morgan fingerprint density at radius 3 is 2.74 bits per heavy atom. The third kappa shape index (κ3) is 4.87. The minimum absolute atomic E-state index is 0.0599. The lowest BCUT2D eigenvalue weighted by molar-refractivity contribution is -0.120. The molecule has 3 N–H and O–H groups in total. The summed E-state index contributed by atoms with van der Waals surface area (Å²) in [6.07, 6.45) is 8.08. The Morgan fingerprint density at radius 2 is 1.94 bits per heavy atom. The lowest BCUT2D eigenvalue weighted by Gasteiger charge is -2.37. The van der Waals surface area contributed by atoms with Crippen LogP contribution in [0.4, 0.5) is 0 Å². The predicted octanol–water partition coefficient (Wildman–Crippen LogP) is 2.87. The summed E-state index contributed by atoms with van der Waals surface area (Å²) in [6, 6.07) is 19.0. The van der Waals surface area contributed by atoms with E-state index >= 15 is 0 Å². The lowest BCUT2D eigenvalue weighted by atomic mass is 9.99. The number of methoxy groups -OCH3 is 1. The first-order valence-electron chi connectivity index (χ1n) is 12.0. The standard InChI is InChI=1S/C26H32N6O2/c1-34-21-11-9-20(10-12-21)22-18-23-26-29-28-24(31(26)16-17-32(23)30-22)13-14-25(33)27-15-5-8-19-6-3-2-4-7-19/h2-4,6-7,9-12,16-17,22-23,26,29-30H,5,8,13-15,18H2,1H3,(H,27,33). The van der Waals surface area contributed by atoms with Gasteiger partial charge in [-0.2, -0.15) is 5.10 Å². The van der Waals surface area contributed by atoms with E-state index in [9.17, 15) is 4.79 Å². The summed E-state index contributed by atoms with van der Waals surface area (Å²) >= 11 is 0. The number of amides is 1. The second-order valence-electron chi connectivity index (χ2n) is 8.91. The molecule has 8 heteroatoms. The number of benzene rings is 2. The largest absolute Gasteiger partial charge is 0.497 e. The van der Waals surface area contributed by atoms with Gasteiger partial charge in [-0.05, 0) is 42.5 Å². The quantitative estimate of drug-likeness (QED) is 0.500. The van der Waals surface area contributed by atoms with E-state index in [-0.39, 0.29) is 24.2 Å². The number of hydrogen-bond acceptors (Lipinski definition) is 7. The van der Waals surface area contributed by atoms with Crippen LogP contribution in [0.15, 0.2) is 72.1 Å². The lowest BCUT2D eigenvalue weighted by Crippen LogP contribution is -2.54. The number of rotatable bonds is 9. The monoisotopic (exact) mass is 460 g/mol. The Bertz CT molecular complexity index is 1040. The molecule has 2 aromatic carbocycles. The number of carbonyl (C=O) groups excluding carboxylic acids is 1. The zero-order chi connectivity index (χ0) is 23.3. The van der Waals surface area contributed by atoms with Gasteiger partial charge in [-0.25, -0.2) is 5.43 Å². The summed E-state index contributed by atoms with van der Waals surface area (Å²) in [7, 11) is 1.68. The zero-order valence-corrected chi connectivity index (χ0v) is 19.5. The van der Waals surface area contributed by atoms with E-state index in [0.717, 1.165) is 30.8 Å². The van der Waals surface area contributed by atoms with Gasteiger partial charge in [-0.15, -0.1) is 0 Å². The number of hydrazone groups is 1. The molecular formula is C26H32N6O2. The van der Waals surface area contributed by atoms with Crippen LogP contribution < -0.4 is 20.9 Å². The topological polar surface area (TPSA) is 81.2 Å². The van der Waals surface area contributed by atoms with E-state index in [2.05, 4.69) is 61.6 Å². The first-order chi connectivity index (χ1) is 16.7. The maximum atomic E-state index is 12.3. The van der Waals surface area contributed by atoms with Crippen molar-refractivity contribution in [2.75, 3.05) is 13.7 Å². The van der Waals surface area contributed by atoms with Crippen LogP contribution in [0.5, 0.6) is 5.75 Å². The van der Waals surface area contributed by atoms with Crippen molar-refractivity contribution in [3.8, 4) is 5.75 Å². The molecule has 0 spiro atoms. The van der Waals surface area contributed by atoms with Crippen LogP contribution in [0, 0.1) is 0 Å². The van der Waals surface area contributed by atoms with E-state index in [1.807, 2.05) is 36.5 Å². The number of carbonyl (C=O) groups is 1. The van der Waals surface area contributed by atoms with Crippen molar-refractivity contribution >= 4 is 11.7 Å². The van der Waals surface area contributed by atoms with Crippen molar-refractivity contribution in [3.05, 3.63) is 78.1 Å². The third-order valence-corrected chi connectivity index (χ3v) is 6.72. The molecule has 0 radical (unpaired) electrons. The minimum atomic E-state index is 0.0599. The van der Waals surface area contributed by atoms with Crippen molar-refractivity contribution in [3.63, 3.8) is 0 Å². The van der Waals surface area contributed by atoms with Crippen molar-refractivity contribution in [2.45, 2.75) is 50.4 Å². The van der Waals surface area contributed by atoms with Crippen LogP contribution in [0.1, 0.15) is 42.9 Å². The molecule has 0 saturated carbocycles. The van der Waals surface area contributed by atoms with Gasteiger partial charge in [-0.1, -0.05) is 42.5 Å². The fourth-order valence-corrected chi connectivity index (χ4v) is 4.84. The van der Waals surface area contributed by atoms with Crippen molar-refractivity contribution in [2.24, 2.45) is 5.10 Å². The molecule has 178 valence electrons. The highest BCUT2D eigenvalue weighted by molar-refractivity contribution is 5.89. The summed E-state index contributed by atoms with van der Waals surface area (Å²) in [5.41, 5.74) is 9.42. The van der Waals surface area contributed by atoms with Gasteiger partial charge < -0.3 is 20.0 Å². The maximum absolute atomic E-state index is 12.3. The molecule has 3 atom stereocenters. The Balaban J connectivity index is 1.08. The molecule has 3 aliphatic rings. The summed E-state index contributed by atoms with van der Waals surface area (Å²) in [5.74, 6) is 1.85. The van der Waals surface area contributed by atoms with Gasteiger partial charge in [0.05, 0.1) is 19.2 Å². The number of hydrazine groups is 1. The van der Waals surface area contributed by atoms with E-state index in [1.165, 1.54) is 11.1 Å². The summed E-state index contributed by atoms with van der Waals surface area (Å²) < 4.78 is 5.28. The normalized spacial score (nSPS) is 22.6. The number of nitrogens with zero attached hydrogens (tertiary/aromatic N) is 3. The zero-order valence-electron chi connectivity index (χ0n) is 19.5. The van der Waals surface area contributed by atoms with Crippen LogP contribution in [-0.2, 0) is 11.2 Å². The Labute approximate surface area is 200 Å². The van der Waals surface area contributed by atoms with Crippen LogP contribution in [0.25, 0.3) is 0 Å². The Morgan fingerprint density at radius 1 is 1.12 bits per heavy atom. The number of hydrogen-bond donors (Lipinski definition) is 3. The Hall–Kier alpha value is -3.52. The SMILES string of the molecule is COc1ccc(C2CC3C4NN=C(CCC(=O)NCCCc5ccccc5)N4C=CN3N2)cc1. The van der Waals surface area contributed by atoms with Crippen LogP contribution in [0.3, 0.4) is 0 Å². The first-order valence-corrected chi connectivity index (χ1v) is 12.0. The van der Waals surface area contributed by atoms with Crippen molar-refractivity contribution in [1.29, 1.82) is 0 Å². The Kier molecular flexibility index (Phi) is 6.67. The summed E-state index contributed by atoms with van der Waals surface area (Å²) in [5, 5.41) is 9.77. The molecule has 3 aliphatic heterocycles. The molecule has 3 unspecified atom stereocenters. The second kappa shape index (κ2) is 10.2. The predicted molar refractivity (Wildman–Crippen MR) is 131 cm³/mol. The molecule has 0 bridgehead atoms.